The Morgan fingerprint density at radius 1 is 1.26 bits per heavy atom. The minimum atomic E-state index is -3.43. The second-order valence-electron chi connectivity index (χ2n) is 6.75. The van der Waals surface area contributed by atoms with Crippen LogP contribution in [-0.4, -0.2) is 60.8 Å². The van der Waals surface area contributed by atoms with Crippen LogP contribution < -0.4 is 5.32 Å². The summed E-state index contributed by atoms with van der Waals surface area (Å²) in [6.45, 7) is 5.12. The van der Waals surface area contributed by atoms with Crippen molar-refractivity contribution in [3.63, 3.8) is 0 Å². The number of sulfonamides is 1. The van der Waals surface area contributed by atoms with Crippen molar-refractivity contribution in [3.8, 4) is 0 Å². The predicted molar refractivity (Wildman–Crippen MR) is 106 cm³/mol. The maximum atomic E-state index is 12.5. The number of rotatable bonds is 7. The largest absolute Gasteiger partial charge is 0.373 e. The van der Waals surface area contributed by atoms with E-state index in [1.807, 2.05) is 48.2 Å². The molecule has 1 aliphatic rings. The molecule has 2 unspecified atom stereocenters. The number of aromatic nitrogens is 1. The molecule has 1 N–H and O–H groups in total. The number of morpholine rings is 1. The summed E-state index contributed by atoms with van der Waals surface area (Å²) in [5.41, 5.74) is 0.523. The molecule has 0 spiro atoms. The van der Waals surface area contributed by atoms with E-state index in [4.69, 9.17) is 4.74 Å². The fraction of sp³-hybridized carbons (Fsp3) is 0.500. The molecule has 0 aliphatic carbocycles. The first-order valence-electron chi connectivity index (χ1n) is 8.94. The van der Waals surface area contributed by atoms with Crippen molar-refractivity contribution in [2.45, 2.75) is 32.6 Å². The highest BCUT2D eigenvalue weighted by Crippen LogP contribution is 2.15. The van der Waals surface area contributed by atoms with Crippen molar-refractivity contribution in [2.75, 3.05) is 25.4 Å². The van der Waals surface area contributed by atoms with E-state index in [9.17, 15) is 13.2 Å². The molecule has 0 bridgehead atoms. The third kappa shape index (κ3) is 5.19. The van der Waals surface area contributed by atoms with Gasteiger partial charge in [0.15, 0.2) is 0 Å². The average Bonchev–Trinajstić information content (AvgIpc) is 3.26. The molecular weight excluding hydrogens is 386 g/mol. The fourth-order valence-corrected chi connectivity index (χ4v) is 5.39. The van der Waals surface area contributed by atoms with Gasteiger partial charge in [0.2, 0.25) is 10.0 Å². The van der Waals surface area contributed by atoms with E-state index >= 15 is 0 Å². The SMILES string of the molecule is CC1CN(S(=O)(=O)CCNC(=O)c2cccn2Cc2cccs2)CC(C)O1. The van der Waals surface area contributed by atoms with Gasteiger partial charge in [-0.3, -0.25) is 4.79 Å². The van der Waals surface area contributed by atoms with Crippen molar-refractivity contribution < 1.29 is 17.9 Å². The zero-order chi connectivity index (χ0) is 19.4. The first kappa shape index (κ1) is 20.1. The van der Waals surface area contributed by atoms with Crippen LogP contribution in [0.4, 0.5) is 0 Å². The van der Waals surface area contributed by atoms with Crippen molar-refractivity contribution in [1.82, 2.24) is 14.2 Å². The molecule has 0 saturated carbocycles. The average molecular weight is 412 g/mol. The lowest BCUT2D eigenvalue weighted by Gasteiger charge is -2.34. The Labute approximate surface area is 164 Å². The van der Waals surface area contributed by atoms with Crippen LogP contribution in [0.15, 0.2) is 35.8 Å². The minimum Gasteiger partial charge on any atom is -0.373 e. The second kappa shape index (κ2) is 8.55. The van der Waals surface area contributed by atoms with Gasteiger partial charge in [0, 0.05) is 30.7 Å². The van der Waals surface area contributed by atoms with Crippen molar-refractivity contribution in [3.05, 3.63) is 46.4 Å². The normalized spacial score (nSPS) is 21.3. The summed E-state index contributed by atoms with van der Waals surface area (Å²) >= 11 is 1.63. The Hall–Kier alpha value is -1.68. The molecule has 2 atom stereocenters. The summed E-state index contributed by atoms with van der Waals surface area (Å²) in [5, 5.41) is 4.73. The lowest BCUT2D eigenvalue weighted by atomic mass is 10.3. The first-order chi connectivity index (χ1) is 12.8. The highest BCUT2D eigenvalue weighted by molar-refractivity contribution is 7.89. The summed E-state index contributed by atoms with van der Waals surface area (Å²) in [7, 11) is -3.43. The molecule has 9 heteroatoms. The van der Waals surface area contributed by atoms with Gasteiger partial charge >= 0.3 is 0 Å². The fourth-order valence-electron chi connectivity index (χ4n) is 3.20. The Morgan fingerprint density at radius 2 is 2.00 bits per heavy atom. The smallest absolute Gasteiger partial charge is 0.267 e. The number of hydrogen-bond donors (Lipinski definition) is 1. The van der Waals surface area contributed by atoms with E-state index in [0.29, 0.717) is 25.3 Å². The van der Waals surface area contributed by atoms with E-state index in [1.54, 1.807) is 17.4 Å². The van der Waals surface area contributed by atoms with Crippen LogP contribution in [0.5, 0.6) is 0 Å². The molecule has 1 saturated heterocycles. The lowest BCUT2D eigenvalue weighted by molar-refractivity contribution is -0.0440. The molecule has 1 aliphatic heterocycles. The number of amides is 1. The molecule has 1 fully saturated rings. The van der Waals surface area contributed by atoms with Crippen LogP contribution in [0.25, 0.3) is 0 Å². The zero-order valence-electron chi connectivity index (χ0n) is 15.5. The molecule has 0 radical (unpaired) electrons. The quantitative estimate of drug-likeness (QED) is 0.753. The highest BCUT2D eigenvalue weighted by Gasteiger charge is 2.30. The molecule has 7 nitrogen and oxygen atoms in total. The molecule has 148 valence electrons. The van der Waals surface area contributed by atoms with Gasteiger partial charge in [-0.05, 0) is 37.4 Å². The molecule has 2 aromatic heterocycles. The number of carbonyl (C=O) groups excluding carboxylic acids is 1. The van der Waals surface area contributed by atoms with Gasteiger partial charge < -0.3 is 14.6 Å². The molecule has 0 aromatic carbocycles. The van der Waals surface area contributed by atoms with Gasteiger partial charge in [-0.25, -0.2) is 8.42 Å². The number of thiophene rings is 1. The van der Waals surface area contributed by atoms with E-state index in [-0.39, 0.29) is 30.4 Å². The zero-order valence-corrected chi connectivity index (χ0v) is 17.1. The van der Waals surface area contributed by atoms with Crippen molar-refractivity contribution >= 4 is 27.3 Å². The number of carbonyl (C=O) groups is 1. The Morgan fingerprint density at radius 3 is 2.67 bits per heavy atom. The van der Waals surface area contributed by atoms with E-state index in [1.165, 1.54) is 4.31 Å². The third-order valence-electron chi connectivity index (χ3n) is 4.39. The number of nitrogens with zero attached hydrogens (tertiary/aromatic N) is 2. The summed E-state index contributed by atoms with van der Waals surface area (Å²) in [5.74, 6) is -0.389. The Balaban J connectivity index is 1.54. The van der Waals surface area contributed by atoms with Crippen LogP contribution >= 0.6 is 11.3 Å². The third-order valence-corrected chi connectivity index (χ3v) is 7.06. The van der Waals surface area contributed by atoms with E-state index in [0.717, 1.165) is 4.88 Å². The summed E-state index contributed by atoms with van der Waals surface area (Å²) in [4.78, 5) is 13.6. The molecule has 3 rings (SSSR count). The Kier molecular flexibility index (Phi) is 6.36. The van der Waals surface area contributed by atoms with Gasteiger partial charge in [-0.1, -0.05) is 6.07 Å². The first-order valence-corrected chi connectivity index (χ1v) is 11.4. The van der Waals surface area contributed by atoms with Crippen molar-refractivity contribution in [2.24, 2.45) is 0 Å². The molecule has 27 heavy (non-hydrogen) atoms. The highest BCUT2D eigenvalue weighted by atomic mass is 32.2. The summed E-state index contributed by atoms with van der Waals surface area (Å²) in [6.07, 6.45) is 1.60. The molecule has 3 heterocycles. The van der Waals surface area contributed by atoms with Gasteiger partial charge in [-0.15, -0.1) is 11.3 Å². The maximum absolute atomic E-state index is 12.5. The van der Waals surface area contributed by atoms with E-state index < -0.39 is 10.0 Å². The monoisotopic (exact) mass is 411 g/mol. The van der Waals surface area contributed by atoms with E-state index in [2.05, 4.69) is 5.32 Å². The van der Waals surface area contributed by atoms with Crippen molar-refractivity contribution in [1.29, 1.82) is 0 Å². The van der Waals surface area contributed by atoms with Crippen LogP contribution in [0.1, 0.15) is 29.2 Å². The predicted octanol–water partition coefficient (Wildman–Crippen LogP) is 1.77. The van der Waals surface area contributed by atoms with Crippen LogP contribution in [0.2, 0.25) is 0 Å². The maximum Gasteiger partial charge on any atom is 0.267 e. The van der Waals surface area contributed by atoms with Gasteiger partial charge in [0.05, 0.1) is 24.5 Å². The summed E-state index contributed by atoms with van der Waals surface area (Å²) in [6, 6.07) is 7.54. The Bertz CT molecular complexity index is 851. The van der Waals surface area contributed by atoms with Gasteiger partial charge in [0.1, 0.15) is 5.69 Å². The molecule has 2 aromatic rings. The molecule has 1 amide bonds. The number of ether oxygens (including phenoxy) is 1. The number of hydrogen-bond acceptors (Lipinski definition) is 5. The van der Waals surface area contributed by atoms with Gasteiger partial charge in [0.25, 0.3) is 5.91 Å². The van der Waals surface area contributed by atoms with Gasteiger partial charge in [-0.2, -0.15) is 4.31 Å². The lowest BCUT2D eigenvalue weighted by Crippen LogP contribution is -2.49. The molecular formula is C18H25N3O4S2. The standard InChI is InChI=1S/C18H25N3O4S2/c1-14-11-21(12-15(2)25-14)27(23,24)10-7-19-18(22)17-6-3-8-20(17)13-16-5-4-9-26-16/h3-6,8-9,14-15H,7,10-13H2,1-2H3,(H,19,22). The summed E-state index contributed by atoms with van der Waals surface area (Å²) < 4.78 is 34.0. The van der Waals surface area contributed by atoms with Crippen LogP contribution in [0.3, 0.4) is 0 Å². The minimum absolute atomic E-state index is 0.0749. The van der Waals surface area contributed by atoms with Crippen LogP contribution in [0, 0.1) is 0 Å². The number of nitrogens with one attached hydrogen (secondary N) is 1. The van der Waals surface area contributed by atoms with Crippen LogP contribution in [-0.2, 0) is 21.3 Å². The second-order valence-corrected chi connectivity index (χ2v) is 9.87. The topological polar surface area (TPSA) is 80.6 Å².